The van der Waals surface area contributed by atoms with Crippen LogP contribution in [0.3, 0.4) is 0 Å². The second kappa shape index (κ2) is 8.06. The average Bonchev–Trinajstić information content (AvgIpc) is 2.89. The largest absolute Gasteiger partial charge is 0.334 e. The van der Waals surface area contributed by atoms with Crippen LogP contribution >= 0.6 is 11.6 Å². The van der Waals surface area contributed by atoms with Crippen molar-refractivity contribution in [1.82, 2.24) is 15.1 Å². The predicted octanol–water partition coefficient (Wildman–Crippen LogP) is 4.52. The number of amides is 2. The summed E-state index contributed by atoms with van der Waals surface area (Å²) in [4.78, 5) is 12.2. The van der Waals surface area contributed by atoms with Crippen molar-refractivity contribution in [1.29, 1.82) is 0 Å². The van der Waals surface area contributed by atoms with Crippen LogP contribution in [0.5, 0.6) is 0 Å². The molecule has 0 bridgehead atoms. The van der Waals surface area contributed by atoms with Gasteiger partial charge < -0.3 is 10.6 Å². The number of nitrogens with one attached hydrogen (secondary N) is 2. The van der Waals surface area contributed by atoms with Gasteiger partial charge in [0, 0.05) is 17.8 Å². The molecule has 3 aromatic rings. The number of anilines is 1. The summed E-state index contributed by atoms with van der Waals surface area (Å²) in [6.45, 7) is 5.09. The van der Waals surface area contributed by atoms with Crippen molar-refractivity contribution in [2.24, 2.45) is 0 Å². The Bertz CT molecular complexity index is 905. The van der Waals surface area contributed by atoms with Gasteiger partial charge in [-0.15, -0.1) is 0 Å². The summed E-state index contributed by atoms with van der Waals surface area (Å²) in [6, 6.07) is 17.0. The van der Waals surface area contributed by atoms with Crippen LogP contribution in [0.15, 0.2) is 54.6 Å². The molecule has 3 rings (SSSR count). The molecule has 2 N–H and O–H groups in total. The van der Waals surface area contributed by atoms with Gasteiger partial charge >= 0.3 is 6.03 Å². The topological polar surface area (TPSA) is 59.0 Å². The molecule has 2 aromatic carbocycles. The number of urea groups is 1. The van der Waals surface area contributed by atoms with Gasteiger partial charge in [-0.25, -0.2) is 4.79 Å². The van der Waals surface area contributed by atoms with Gasteiger partial charge in [0.25, 0.3) is 0 Å². The number of hydrogen-bond donors (Lipinski definition) is 2. The van der Waals surface area contributed by atoms with E-state index in [1.165, 1.54) is 5.56 Å². The van der Waals surface area contributed by atoms with Crippen molar-refractivity contribution in [2.75, 3.05) is 5.32 Å². The summed E-state index contributed by atoms with van der Waals surface area (Å²) in [6.07, 6.45) is 0. The van der Waals surface area contributed by atoms with Gasteiger partial charge in [-0.1, -0.05) is 54.1 Å². The molecule has 0 aliphatic heterocycles. The quantitative estimate of drug-likeness (QED) is 0.695. The summed E-state index contributed by atoms with van der Waals surface area (Å²) >= 11 is 6.06. The van der Waals surface area contributed by atoms with E-state index in [0.717, 1.165) is 17.0 Å². The van der Waals surface area contributed by atoms with Gasteiger partial charge in [-0.05, 0) is 31.5 Å². The standard InChI is InChI=1S/C20H21ClN4O/c1-14-17(12-22-20(26)23-19-11-7-6-10-18(19)21)15(2)25(24-14)13-16-8-4-3-5-9-16/h3-11H,12-13H2,1-2H3,(H2,22,23,26). The third-order valence-electron chi connectivity index (χ3n) is 4.25. The first-order valence-corrected chi connectivity index (χ1v) is 8.78. The van der Waals surface area contributed by atoms with Gasteiger partial charge in [0.1, 0.15) is 0 Å². The molecule has 134 valence electrons. The summed E-state index contributed by atoms with van der Waals surface area (Å²) in [5.41, 5.74) is 4.75. The van der Waals surface area contributed by atoms with E-state index in [1.807, 2.05) is 48.9 Å². The molecular weight excluding hydrogens is 348 g/mol. The zero-order chi connectivity index (χ0) is 18.5. The molecule has 0 saturated heterocycles. The Morgan fingerprint density at radius 2 is 1.77 bits per heavy atom. The van der Waals surface area contributed by atoms with E-state index in [0.29, 0.717) is 23.8 Å². The van der Waals surface area contributed by atoms with Gasteiger partial charge in [0.2, 0.25) is 0 Å². The maximum Gasteiger partial charge on any atom is 0.319 e. The van der Waals surface area contributed by atoms with Gasteiger partial charge in [-0.2, -0.15) is 5.10 Å². The van der Waals surface area contributed by atoms with Crippen LogP contribution in [0.4, 0.5) is 10.5 Å². The lowest BCUT2D eigenvalue weighted by Crippen LogP contribution is -2.28. The molecule has 0 unspecified atom stereocenters. The lowest BCUT2D eigenvalue weighted by atomic mass is 10.2. The minimum atomic E-state index is -0.298. The summed E-state index contributed by atoms with van der Waals surface area (Å²) in [5, 5.41) is 10.7. The van der Waals surface area contributed by atoms with E-state index < -0.39 is 0 Å². The number of halogens is 1. The highest BCUT2D eigenvalue weighted by Gasteiger charge is 2.13. The van der Waals surface area contributed by atoms with E-state index >= 15 is 0 Å². The Balaban J connectivity index is 1.65. The Labute approximate surface area is 158 Å². The molecular formula is C20H21ClN4O. The second-order valence-electron chi connectivity index (χ2n) is 6.08. The number of nitrogens with zero attached hydrogens (tertiary/aromatic N) is 2. The molecule has 6 heteroatoms. The van der Waals surface area contributed by atoms with Crippen molar-refractivity contribution < 1.29 is 4.79 Å². The third-order valence-corrected chi connectivity index (χ3v) is 4.58. The molecule has 0 saturated carbocycles. The highest BCUT2D eigenvalue weighted by atomic mass is 35.5. The third kappa shape index (κ3) is 4.24. The second-order valence-corrected chi connectivity index (χ2v) is 6.49. The SMILES string of the molecule is Cc1nn(Cc2ccccc2)c(C)c1CNC(=O)Nc1ccccc1Cl. The lowest BCUT2D eigenvalue weighted by Gasteiger charge is -2.09. The molecule has 0 spiro atoms. The van der Waals surface area contributed by atoms with Crippen molar-refractivity contribution in [2.45, 2.75) is 26.9 Å². The van der Waals surface area contributed by atoms with E-state index in [9.17, 15) is 4.79 Å². The molecule has 0 atom stereocenters. The number of aryl methyl sites for hydroxylation is 1. The fourth-order valence-electron chi connectivity index (χ4n) is 2.80. The number of aromatic nitrogens is 2. The summed E-state index contributed by atoms with van der Waals surface area (Å²) in [5.74, 6) is 0. The number of rotatable bonds is 5. The Morgan fingerprint density at radius 1 is 1.08 bits per heavy atom. The number of para-hydroxylation sites is 1. The summed E-state index contributed by atoms with van der Waals surface area (Å²) < 4.78 is 1.97. The zero-order valence-electron chi connectivity index (χ0n) is 14.8. The van der Waals surface area contributed by atoms with Gasteiger partial charge in [0.15, 0.2) is 0 Å². The molecule has 0 aliphatic carbocycles. The van der Waals surface area contributed by atoms with Crippen LogP contribution in [-0.2, 0) is 13.1 Å². The van der Waals surface area contributed by atoms with Crippen molar-refractivity contribution in [3.8, 4) is 0 Å². The molecule has 0 fully saturated rings. The maximum atomic E-state index is 12.2. The number of hydrogen-bond acceptors (Lipinski definition) is 2. The van der Waals surface area contributed by atoms with Crippen molar-refractivity contribution in [3.63, 3.8) is 0 Å². The predicted molar refractivity (Wildman–Crippen MR) is 105 cm³/mol. The highest BCUT2D eigenvalue weighted by molar-refractivity contribution is 6.33. The molecule has 5 nitrogen and oxygen atoms in total. The first-order valence-electron chi connectivity index (χ1n) is 8.41. The van der Waals surface area contributed by atoms with Crippen LogP contribution in [0.25, 0.3) is 0 Å². The molecule has 1 heterocycles. The normalized spacial score (nSPS) is 10.6. The fraction of sp³-hybridized carbons (Fsp3) is 0.200. The minimum Gasteiger partial charge on any atom is -0.334 e. The average molecular weight is 369 g/mol. The van der Waals surface area contributed by atoms with E-state index in [2.05, 4.69) is 27.9 Å². The lowest BCUT2D eigenvalue weighted by molar-refractivity contribution is 0.251. The fourth-order valence-corrected chi connectivity index (χ4v) is 2.98. The monoisotopic (exact) mass is 368 g/mol. The smallest absolute Gasteiger partial charge is 0.319 e. The first kappa shape index (κ1) is 18.0. The number of carbonyl (C=O) groups is 1. The van der Waals surface area contributed by atoms with E-state index in [4.69, 9.17) is 11.6 Å². The van der Waals surface area contributed by atoms with Crippen molar-refractivity contribution in [3.05, 3.63) is 82.1 Å². The first-order chi connectivity index (χ1) is 12.5. The van der Waals surface area contributed by atoms with Crippen LogP contribution in [-0.4, -0.2) is 15.8 Å². The number of benzene rings is 2. The Hall–Kier alpha value is -2.79. The van der Waals surface area contributed by atoms with Crippen LogP contribution in [0.2, 0.25) is 5.02 Å². The molecule has 26 heavy (non-hydrogen) atoms. The number of carbonyl (C=O) groups excluding carboxylic acids is 1. The van der Waals surface area contributed by atoms with E-state index in [-0.39, 0.29) is 6.03 Å². The molecule has 2 amide bonds. The summed E-state index contributed by atoms with van der Waals surface area (Å²) in [7, 11) is 0. The minimum absolute atomic E-state index is 0.298. The highest BCUT2D eigenvalue weighted by Crippen LogP contribution is 2.20. The van der Waals surface area contributed by atoms with Crippen LogP contribution < -0.4 is 10.6 Å². The Kier molecular flexibility index (Phi) is 5.58. The van der Waals surface area contributed by atoms with Gasteiger partial charge in [0.05, 0.1) is 22.9 Å². The van der Waals surface area contributed by atoms with Crippen LogP contribution in [0.1, 0.15) is 22.5 Å². The molecule has 0 radical (unpaired) electrons. The maximum absolute atomic E-state index is 12.2. The van der Waals surface area contributed by atoms with Gasteiger partial charge in [-0.3, -0.25) is 4.68 Å². The Morgan fingerprint density at radius 3 is 2.50 bits per heavy atom. The van der Waals surface area contributed by atoms with Crippen LogP contribution in [0, 0.1) is 13.8 Å². The van der Waals surface area contributed by atoms with E-state index in [1.54, 1.807) is 12.1 Å². The zero-order valence-corrected chi connectivity index (χ0v) is 15.5. The molecule has 0 aliphatic rings. The van der Waals surface area contributed by atoms with Crippen molar-refractivity contribution >= 4 is 23.3 Å². The molecule has 1 aromatic heterocycles.